The van der Waals surface area contributed by atoms with Gasteiger partial charge in [-0.05, 0) is 52.6 Å². The van der Waals surface area contributed by atoms with Crippen LogP contribution in [0.4, 0.5) is 0 Å². The molecular formula is C40H23IrN3O-2. The Morgan fingerprint density at radius 1 is 0.533 bits per heavy atom. The smallest absolute Gasteiger partial charge is 0.136 e. The van der Waals surface area contributed by atoms with Crippen molar-refractivity contribution in [2.45, 2.75) is 0 Å². The van der Waals surface area contributed by atoms with E-state index in [1.54, 1.807) is 6.20 Å². The van der Waals surface area contributed by atoms with Crippen molar-refractivity contribution in [1.82, 2.24) is 14.4 Å². The van der Waals surface area contributed by atoms with E-state index in [1.165, 1.54) is 38.0 Å². The van der Waals surface area contributed by atoms with Crippen molar-refractivity contribution in [2.24, 2.45) is 0 Å². The molecule has 0 fully saturated rings. The Morgan fingerprint density at radius 2 is 1.27 bits per heavy atom. The van der Waals surface area contributed by atoms with Gasteiger partial charge >= 0.3 is 0 Å². The molecule has 0 aliphatic heterocycles. The fourth-order valence-corrected chi connectivity index (χ4v) is 6.47. The van der Waals surface area contributed by atoms with Crippen molar-refractivity contribution in [3.8, 4) is 22.5 Å². The molecule has 1 radical (unpaired) electrons. The van der Waals surface area contributed by atoms with Gasteiger partial charge in [-0.2, -0.15) is 0 Å². The minimum absolute atomic E-state index is 0. The molecule has 0 atom stereocenters. The van der Waals surface area contributed by atoms with Gasteiger partial charge in [0.1, 0.15) is 11.2 Å². The number of hydrogen-bond donors (Lipinski definition) is 0. The third-order valence-corrected chi connectivity index (χ3v) is 8.34. The molecule has 10 rings (SSSR count). The van der Waals surface area contributed by atoms with E-state index in [0.717, 1.165) is 44.6 Å². The molecular weight excluding hydrogens is 731 g/mol. The fraction of sp³-hybridized carbons (Fsp3) is 0. The number of rotatable bonds is 2. The summed E-state index contributed by atoms with van der Waals surface area (Å²) in [5.41, 5.74) is 9.44. The molecule has 215 valence electrons. The van der Waals surface area contributed by atoms with Crippen LogP contribution < -0.4 is 0 Å². The van der Waals surface area contributed by atoms with Gasteiger partial charge in [-0.1, -0.05) is 66.0 Å². The van der Waals surface area contributed by atoms with Crippen molar-refractivity contribution in [3.05, 3.63) is 152 Å². The van der Waals surface area contributed by atoms with Gasteiger partial charge in [0.05, 0.1) is 5.52 Å². The van der Waals surface area contributed by atoms with Crippen LogP contribution in [0.5, 0.6) is 0 Å². The number of fused-ring (bicyclic) bond motifs is 10. The van der Waals surface area contributed by atoms with E-state index in [0.29, 0.717) is 0 Å². The van der Waals surface area contributed by atoms with Crippen molar-refractivity contribution in [3.63, 3.8) is 0 Å². The van der Waals surface area contributed by atoms with E-state index in [4.69, 9.17) is 4.42 Å². The molecule has 0 amide bonds. The minimum atomic E-state index is 0. The Morgan fingerprint density at radius 3 is 2.04 bits per heavy atom. The summed E-state index contributed by atoms with van der Waals surface area (Å²) in [5, 5.41) is 7.34. The molecule has 0 aliphatic rings. The van der Waals surface area contributed by atoms with Crippen LogP contribution in [0.3, 0.4) is 0 Å². The zero-order valence-electron chi connectivity index (χ0n) is 23.9. The summed E-state index contributed by atoms with van der Waals surface area (Å²) < 4.78 is 8.56. The maximum atomic E-state index is 6.18. The second-order valence-corrected chi connectivity index (χ2v) is 10.8. The van der Waals surface area contributed by atoms with Crippen LogP contribution in [-0.4, -0.2) is 14.4 Å². The van der Waals surface area contributed by atoms with Crippen LogP contribution in [0.15, 0.2) is 144 Å². The predicted molar refractivity (Wildman–Crippen MR) is 179 cm³/mol. The zero-order chi connectivity index (χ0) is 29.0. The molecule has 0 bridgehead atoms. The molecule has 5 heteroatoms. The van der Waals surface area contributed by atoms with Crippen molar-refractivity contribution >= 4 is 60.0 Å². The van der Waals surface area contributed by atoms with Gasteiger partial charge in [-0.3, -0.25) is 0 Å². The third-order valence-electron chi connectivity index (χ3n) is 8.34. The summed E-state index contributed by atoms with van der Waals surface area (Å²) >= 11 is 0. The molecule has 0 spiro atoms. The van der Waals surface area contributed by atoms with E-state index in [1.807, 2.05) is 79.0 Å². The van der Waals surface area contributed by atoms with Gasteiger partial charge in [0.2, 0.25) is 0 Å². The van der Waals surface area contributed by atoms with E-state index in [9.17, 15) is 0 Å². The molecule has 4 nitrogen and oxygen atoms in total. The van der Waals surface area contributed by atoms with E-state index in [-0.39, 0.29) is 20.1 Å². The van der Waals surface area contributed by atoms with Gasteiger partial charge < -0.3 is 18.8 Å². The molecule has 0 aliphatic carbocycles. The standard InChI is InChI=1S/C29H15N2O.C11H8N.Ir/c1-2-10-25-19(6-1)28-26(32-25)14-13-24-27(28)20-8-5-7-18-21-16-17(22-9-3-4-15-30-22)11-12-23(21)31(24)29(18)20;1-2-6-10(7-3-1)11-8-4-5-9-12-11;/h1-10,12-16H;1-6,8-9H;/q2*-1;. The summed E-state index contributed by atoms with van der Waals surface area (Å²) in [6.07, 6.45) is 3.62. The largest absolute Gasteiger partial charge is 0.456 e. The van der Waals surface area contributed by atoms with Crippen LogP contribution in [0, 0.1) is 12.1 Å². The molecule has 10 aromatic rings. The van der Waals surface area contributed by atoms with Gasteiger partial charge in [-0.25, -0.2) is 0 Å². The van der Waals surface area contributed by atoms with E-state index < -0.39 is 0 Å². The first-order chi connectivity index (χ1) is 21.8. The molecule has 5 aromatic carbocycles. The number of benzene rings is 5. The Balaban J connectivity index is 0.000000196. The normalized spacial score (nSPS) is 11.4. The molecule has 0 unspecified atom stereocenters. The maximum absolute atomic E-state index is 6.18. The number of aromatic nitrogens is 3. The number of nitrogens with zero attached hydrogens (tertiary/aromatic N) is 3. The Kier molecular flexibility index (Phi) is 6.64. The topological polar surface area (TPSA) is 43.3 Å². The van der Waals surface area contributed by atoms with Crippen molar-refractivity contribution in [1.29, 1.82) is 0 Å². The second kappa shape index (κ2) is 11.0. The quantitative estimate of drug-likeness (QED) is 0.165. The first-order valence-corrected chi connectivity index (χ1v) is 14.6. The van der Waals surface area contributed by atoms with Crippen LogP contribution in [0.1, 0.15) is 0 Å². The number of furan rings is 1. The molecule has 5 heterocycles. The molecule has 0 saturated heterocycles. The summed E-state index contributed by atoms with van der Waals surface area (Å²) in [7, 11) is 0. The fourth-order valence-electron chi connectivity index (χ4n) is 6.47. The van der Waals surface area contributed by atoms with Crippen molar-refractivity contribution < 1.29 is 24.5 Å². The summed E-state index contributed by atoms with van der Waals surface area (Å²) in [5.74, 6) is 0. The van der Waals surface area contributed by atoms with Crippen LogP contribution in [0.2, 0.25) is 0 Å². The summed E-state index contributed by atoms with van der Waals surface area (Å²) in [6, 6.07) is 49.8. The van der Waals surface area contributed by atoms with E-state index >= 15 is 0 Å². The Hall–Kier alpha value is -5.35. The van der Waals surface area contributed by atoms with Gasteiger partial charge in [0, 0.05) is 59.6 Å². The zero-order valence-corrected chi connectivity index (χ0v) is 26.3. The van der Waals surface area contributed by atoms with Crippen LogP contribution >= 0.6 is 0 Å². The van der Waals surface area contributed by atoms with Crippen molar-refractivity contribution in [2.75, 3.05) is 0 Å². The molecule has 0 N–H and O–H groups in total. The van der Waals surface area contributed by atoms with E-state index in [2.05, 4.69) is 81.1 Å². The van der Waals surface area contributed by atoms with Gasteiger partial charge in [0.15, 0.2) is 0 Å². The average molecular weight is 754 g/mol. The predicted octanol–water partition coefficient (Wildman–Crippen LogP) is 10.1. The van der Waals surface area contributed by atoms with Crippen LogP contribution in [-0.2, 0) is 20.1 Å². The number of pyridine rings is 2. The first-order valence-electron chi connectivity index (χ1n) is 14.6. The second-order valence-electron chi connectivity index (χ2n) is 10.8. The molecule has 5 aromatic heterocycles. The summed E-state index contributed by atoms with van der Waals surface area (Å²) in [4.78, 5) is 8.74. The number of hydrogen-bond acceptors (Lipinski definition) is 3. The first kappa shape index (κ1) is 27.2. The minimum Gasteiger partial charge on any atom is -0.456 e. The van der Waals surface area contributed by atoms with Crippen LogP contribution in [0.25, 0.3) is 82.5 Å². The van der Waals surface area contributed by atoms with Gasteiger partial charge in [-0.15, -0.1) is 59.7 Å². The Bertz CT molecular complexity index is 2550. The SMILES string of the molecule is [Ir].[c-]1cc2c(cc1-c1ccccn1)c1cccc3c4c5c(ccc4n2c13)oc1ccccc15.[c-]1ccccc1-c1ccccn1. The maximum Gasteiger partial charge on any atom is 0.136 e. The summed E-state index contributed by atoms with van der Waals surface area (Å²) in [6.45, 7) is 0. The Labute approximate surface area is 272 Å². The van der Waals surface area contributed by atoms with Gasteiger partial charge in [0.25, 0.3) is 0 Å². The average Bonchev–Trinajstić information content (AvgIpc) is 3.76. The molecule has 0 saturated carbocycles. The monoisotopic (exact) mass is 754 g/mol. The third kappa shape index (κ3) is 4.32. The molecule has 45 heavy (non-hydrogen) atoms. The number of para-hydroxylation sites is 2.